The first-order valence-corrected chi connectivity index (χ1v) is 6.63. The first-order valence-electron chi connectivity index (χ1n) is 6.63. The average molecular weight is 282 g/mol. The van der Waals surface area contributed by atoms with E-state index >= 15 is 0 Å². The minimum absolute atomic E-state index is 0.666. The van der Waals surface area contributed by atoms with Crippen molar-refractivity contribution in [2.75, 3.05) is 47.6 Å². The van der Waals surface area contributed by atoms with Crippen molar-refractivity contribution in [1.82, 2.24) is 10.4 Å². The van der Waals surface area contributed by atoms with Crippen LogP contribution in [0.25, 0.3) is 0 Å². The van der Waals surface area contributed by atoms with Crippen LogP contribution in [-0.2, 0) is 11.3 Å². The molecule has 0 unspecified atom stereocenters. The summed E-state index contributed by atoms with van der Waals surface area (Å²) >= 11 is 0. The molecule has 1 aliphatic rings. The third kappa shape index (κ3) is 3.53. The van der Waals surface area contributed by atoms with E-state index in [1.54, 1.807) is 21.3 Å². The van der Waals surface area contributed by atoms with Crippen LogP contribution < -0.4 is 19.6 Å². The van der Waals surface area contributed by atoms with Gasteiger partial charge in [0.15, 0.2) is 11.5 Å². The van der Waals surface area contributed by atoms with Gasteiger partial charge in [-0.25, -0.2) is 5.01 Å². The molecule has 0 aromatic heterocycles. The molecule has 20 heavy (non-hydrogen) atoms. The van der Waals surface area contributed by atoms with Crippen molar-refractivity contribution in [1.29, 1.82) is 0 Å². The highest BCUT2D eigenvalue weighted by molar-refractivity contribution is 5.50. The van der Waals surface area contributed by atoms with Gasteiger partial charge >= 0.3 is 0 Å². The Labute approximate surface area is 119 Å². The average Bonchev–Trinajstić information content (AvgIpc) is 2.52. The van der Waals surface area contributed by atoms with Crippen LogP contribution in [0.4, 0.5) is 0 Å². The van der Waals surface area contributed by atoms with Crippen molar-refractivity contribution in [2.45, 2.75) is 6.54 Å². The van der Waals surface area contributed by atoms with E-state index in [2.05, 4.69) is 10.4 Å². The van der Waals surface area contributed by atoms with Crippen LogP contribution in [0.15, 0.2) is 12.1 Å². The molecule has 0 atom stereocenters. The highest BCUT2D eigenvalue weighted by Crippen LogP contribution is 2.34. The second-order valence-corrected chi connectivity index (χ2v) is 4.45. The Kier molecular flexibility index (Phi) is 5.46. The molecule has 112 valence electrons. The van der Waals surface area contributed by atoms with Crippen LogP contribution in [0, 0.1) is 0 Å². The van der Waals surface area contributed by atoms with Crippen molar-refractivity contribution >= 4 is 0 Å². The third-order valence-electron chi connectivity index (χ3n) is 3.29. The molecule has 1 N–H and O–H groups in total. The summed E-state index contributed by atoms with van der Waals surface area (Å²) in [6, 6.07) is 3.78. The molecule has 6 heteroatoms. The number of hydrogen-bond acceptors (Lipinski definition) is 6. The first-order chi connectivity index (χ1) is 9.78. The van der Waals surface area contributed by atoms with Gasteiger partial charge in [-0.2, -0.15) is 0 Å². The van der Waals surface area contributed by atoms with Crippen LogP contribution in [0.2, 0.25) is 0 Å². The van der Waals surface area contributed by atoms with Crippen molar-refractivity contribution in [3.63, 3.8) is 0 Å². The van der Waals surface area contributed by atoms with Crippen molar-refractivity contribution in [3.05, 3.63) is 17.7 Å². The Hall–Kier alpha value is -1.50. The molecule has 0 spiro atoms. The molecule has 2 rings (SSSR count). The minimum atomic E-state index is 0.666. The predicted octanol–water partition coefficient (Wildman–Crippen LogP) is 1.05. The molecule has 1 heterocycles. The maximum Gasteiger partial charge on any atom is 0.164 e. The number of hydrogen-bond donors (Lipinski definition) is 1. The molecule has 0 aliphatic carbocycles. The second-order valence-electron chi connectivity index (χ2n) is 4.45. The number of ether oxygens (including phenoxy) is 4. The Morgan fingerprint density at radius 2 is 1.60 bits per heavy atom. The van der Waals surface area contributed by atoms with E-state index in [0.717, 1.165) is 37.6 Å². The van der Waals surface area contributed by atoms with E-state index in [0.29, 0.717) is 18.0 Å². The van der Waals surface area contributed by atoms with E-state index in [1.807, 2.05) is 12.1 Å². The minimum Gasteiger partial charge on any atom is -0.496 e. The van der Waals surface area contributed by atoms with Gasteiger partial charge in [0, 0.05) is 31.3 Å². The number of nitrogens with zero attached hydrogens (tertiary/aromatic N) is 1. The van der Waals surface area contributed by atoms with Gasteiger partial charge in [0.05, 0.1) is 34.5 Å². The van der Waals surface area contributed by atoms with Crippen LogP contribution in [0.3, 0.4) is 0 Å². The maximum atomic E-state index is 5.41. The predicted molar refractivity (Wildman–Crippen MR) is 75.3 cm³/mol. The number of benzene rings is 1. The number of rotatable bonds is 6. The molecular weight excluding hydrogens is 260 g/mol. The summed E-state index contributed by atoms with van der Waals surface area (Å²) < 4.78 is 21.3. The van der Waals surface area contributed by atoms with E-state index in [1.165, 1.54) is 0 Å². The quantitative estimate of drug-likeness (QED) is 0.841. The molecule has 0 radical (unpaired) electrons. The summed E-state index contributed by atoms with van der Waals surface area (Å²) in [5.74, 6) is 2.15. The molecule has 1 saturated heterocycles. The summed E-state index contributed by atoms with van der Waals surface area (Å²) in [5.41, 5.74) is 4.40. The van der Waals surface area contributed by atoms with Crippen molar-refractivity contribution in [3.8, 4) is 17.2 Å². The van der Waals surface area contributed by atoms with E-state index < -0.39 is 0 Å². The lowest BCUT2D eigenvalue weighted by molar-refractivity contribution is 0.0104. The summed E-state index contributed by atoms with van der Waals surface area (Å²) in [5, 5.41) is 2.15. The van der Waals surface area contributed by atoms with Crippen LogP contribution in [0.1, 0.15) is 5.56 Å². The van der Waals surface area contributed by atoms with E-state index in [9.17, 15) is 0 Å². The summed E-state index contributed by atoms with van der Waals surface area (Å²) in [4.78, 5) is 0. The molecular formula is C14H22N2O4. The van der Waals surface area contributed by atoms with Gasteiger partial charge in [-0.1, -0.05) is 0 Å². The lowest BCUT2D eigenvalue weighted by Gasteiger charge is -2.27. The lowest BCUT2D eigenvalue weighted by Crippen LogP contribution is -2.45. The van der Waals surface area contributed by atoms with Crippen LogP contribution >= 0.6 is 0 Å². The zero-order valence-corrected chi connectivity index (χ0v) is 12.3. The largest absolute Gasteiger partial charge is 0.496 e. The van der Waals surface area contributed by atoms with Gasteiger partial charge in [-0.3, -0.25) is 5.43 Å². The number of morpholine rings is 1. The second kappa shape index (κ2) is 7.33. The van der Waals surface area contributed by atoms with Crippen LogP contribution in [0.5, 0.6) is 17.2 Å². The monoisotopic (exact) mass is 282 g/mol. The molecule has 1 aromatic rings. The molecule has 0 amide bonds. The van der Waals surface area contributed by atoms with Gasteiger partial charge in [0.25, 0.3) is 0 Å². The Morgan fingerprint density at radius 3 is 2.20 bits per heavy atom. The topological polar surface area (TPSA) is 52.2 Å². The maximum absolute atomic E-state index is 5.41. The van der Waals surface area contributed by atoms with Crippen molar-refractivity contribution < 1.29 is 18.9 Å². The SMILES string of the molecule is COc1cc(OC)c(OC)cc1CNN1CCOCC1. The number of methoxy groups -OCH3 is 3. The van der Waals surface area contributed by atoms with Gasteiger partial charge in [-0.15, -0.1) is 0 Å². The van der Waals surface area contributed by atoms with E-state index in [4.69, 9.17) is 18.9 Å². The van der Waals surface area contributed by atoms with Gasteiger partial charge in [0.2, 0.25) is 0 Å². The van der Waals surface area contributed by atoms with Gasteiger partial charge in [0.1, 0.15) is 5.75 Å². The highest BCUT2D eigenvalue weighted by Gasteiger charge is 2.14. The van der Waals surface area contributed by atoms with E-state index in [-0.39, 0.29) is 0 Å². The highest BCUT2D eigenvalue weighted by atomic mass is 16.5. The Balaban J connectivity index is 2.08. The zero-order chi connectivity index (χ0) is 14.4. The Bertz CT molecular complexity index is 433. The fourth-order valence-corrected chi connectivity index (χ4v) is 2.15. The third-order valence-corrected chi connectivity index (χ3v) is 3.29. The molecule has 1 aromatic carbocycles. The van der Waals surface area contributed by atoms with Crippen LogP contribution in [-0.4, -0.2) is 52.6 Å². The Morgan fingerprint density at radius 1 is 1.00 bits per heavy atom. The standard InChI is InChI=1S/C14H22N2O4/c1-17-12-9-14(19-3)13(18-2)8-11(12)10-15-16-4-6-20-7-5-16/h8-9,15H,4-7,10H2,1-3H3. The molecule has 1 fully saturated rings. The molecule has 0 bridgehead atoms. The summed E-state index contributed by atoms with van der Waals surface area (Å²) in [6.07, 6.45) is 0. The smallest absolute Gasteiger partial charge is 0.164 e. The van der Waals surface area contributed by atoms with Gasteiger partial charge in [-0.05, 0) is 6.07 Å². The fraction of sp³-hybridized carbons (Fsp3) is 0.571. The normalized spacial score (nSPS) is 15.9. The fourth-order valence-electron chi connectivity index (χ4n) is 2.15. The molecule has 0 saturated carbocycles. The summed E-state index contributed by atoms with van der Waals surface area (Å²) in [7, 11) is 4.89. The first kappa shape index (κ1) is 14.9. The van der Waals surface area contributed by atoms with Gasteiger partial charge < -0.3 is 18.9 Å². The molecule has 6 nitrogen and oxygen atoms in total. The summed E-state index contributed by atoms with van der Waals surface area (Å²) in [6.45, 7) is 3.96. The zero-order valence-electron chi connectivity index (χ0n) is 12.3. The lowest BCUT2D eigenvalue weighted by atomic mass is 10.1. The molecule has 1 aliphatic heterocycles. The number of hydrazine groups is 1. The van der Waals surface area contributed by atoms with Crippen molar-refractivity contribution in [2.24, 2.45) is 0 Å². The number of nitrogens with one attached hydrogen (secondary N) is 1.